The first-order valence-corrected chi connectivity index (χ1v) is 9.46. The number of piperidine rings is 1. The van der Waals surface area contributed by atoms with Crippen molar-refractivity contribution >= 4 is 17.4 Å². The molecule has 1 saturated heterocycles. The van der Waals surface area contributed by atoms with Crippen molar-refractivity contribution in [2.45, 2.75) is 46.0 Å². The van der Waals surface area contributed by atoms with Crippen LogP contribution < -0.4 is 0 Å². The maximum Gasteiger partial charge on any atom is 0.267 e. The predicted octanol–water partition coefficient (Wildman–Crippen LogP) is 3.29. The van der Waals surface area contributed by atoms with E-state index >= 15 is 0 Å². The number of likely N-dealkylation sites (tertiary alicyclic amines) is 1. The van der Waals surface area contributed by atoms with E-state index < -0.39 is 0 Å². The largest absolute Gasteiger partial charge is 0.338 e. The molecule has 2 aromatic heterocycles. The van der Waals surface area contributed by atoms with Crippen LogP contribution in [0.25, 0.3) is 0 Å². The summed E-state index contributed by atoms with van der Waals surface area (Å²) in [5.74, 6) is 0.614. The first-order valence-electron chi connectivity index (χ1n) is 8.69. The number of carbonyl (C=O) groups excluding carboxylic acids is 1. The lowest BCUT2D eigenvalue weighted by atomic mass is 9.91. The van der Waals surface area contributed by atoms with Crippen LogP contribution in [-0.2, 0) is 12.8 Å². The zero-order chi connectivity index (χ0) is 16.9. The number of aryl methyl sites for hydroxylation is 2. The summed E-state index contributed by atoms with van der Waals surface area (Å²) in [6.45, 7) is 5.75. The second kappa shape index (κ2) is 7.83. The van der Waals surface area contributed by atoms with Gasteiger partial charge in [0.25, 0.3) is 5.91 Å². The minimum atomic E-state index is 0.111. The number of nitrogens with zero attached hydrogens (tertiary/aromatic N) is 4. The lowest BCUT2D eigenvalue weighted by Gasteiger charge is -2.32. The minimum Gasteiger partial charge on any atom is -0.338 e. The van der Waals surface area contributed by atoms with E-state index in [1.165, 1.54) is 23.5 Å². The molecule has 0 aromatic carbocycles. The fourth-order valence-corrected chi connectivity index (χ4v) is 3.96. The molecular formula is C18H24N4OS. The van der Waals surface area contributed by atoms with Gasteiger partial charge in [-0.1, -0.05) is 23.9 Å². The molecule has 0 bridgehead atoms. The van der Waals surface area contributed by atoms with E-state index in [2.05, 4.69) is 33.6 Å². The molecule has 0 N–H and O–H groups in total. The van der Waals surface area contributed by atoms with Crippen LogP contribution >= 0.6 is 11.5 Å². The van der Waals surface area contributed by atoms with E-state index in [4.69, 9.17) is 0 Å². The number of aromatic nitrogens is 3. The Hall–Kier alpha value is -1.82. The molecule has 0 radical (unpaired) electrons. The number of amides is 1. The highest BCUT2D eigenvalue weighted by atomic mass is 32.1. The van der Waals surface area contributed by atoms with Gasteiger partial charge in [0.15, 0.2) is 0 Å². The molecule has 0 spiro atoms. The Labute approximate surface area is 147 Å². The molecule has 1 aliphatic heterocycles. The second-order valence-corrected chi connectivity index (χ2v) is 7.32. The van der Waals surface area contributed by atoms with Crippen LogP contribution in [-0.4, -0.2) is 38.5 Å². The maximum atomic E-state index is 12.8. The third kappa shape index (κ3) is 3.98. The lowest BCUT2D eigenvalue weighted by Crippen LogP contribution is -2.40. The first-order chi connectivity index (χ1) is 11.7. The van der Waals surface area contributed by atoms with E-state index in [0.717, 1.165) is 55.0 Å². The van der Waals surface area contributed by atoms with Gasteiger partial charge in [0, 0.05) is 25.0 Å². The number of rotatable bonds is 5. The third-order valence-electron chi connectivity index (χ3n) is 4.54. The summed E-state index contributed by atoms with van der Waals surface area (Å²) in [7, 11) is 0. The zero-order valence-corrected chi connectivity index (χ0v) is 15.2. The monoisotopic (exact) mass is 344 g/mol. The molecule has 5 nitrogen and oxygen atoms in total. The lowest BCUT2D eigenvalue weighted by molar-refractivity contribution is 0.0677. The van der Waals surface area contributed by atoms with Crippen LogP contribution in [0.15, 0.2) is 18.3 Å². The number of pyridine rings is 1. The Balaban J connectivity index is 1.65. The molecule has 128 valence electrons. The Kier molecular flexibility index (Phi) is 5.56. The molecule has 24 heavy (non-hydrogen) atoms. The number of hydrogen-bond acceptors (Lipinski definition) is 5. The van der Waals surface area contributed by atoms with Crippen molar-refractivity contribution in [3.63, 3.8) is 0 Å². The van der Waals surface area contributed by atoms with E-state index in [1.54, 1.807) is 0 Å². The van der Waals surface area contributed by atoms with Crippen molar-refractivity contribution in [3.8, 4) is 0 Å². The van der Waals surface area contributed by atoms with Crippen molar-refractivity contribution in [1.29, 1.82) is 0 Å². The normalized spacial score (nSPS) is 17.9. The van der Waals surface area contributed by atoms with Crippen LogP contribution in [0.2, 0.25) is 0 Å². The van der Waals surface area contributed by atoms with Gasteiger partial charge in [-0.05, 0) is 61.7 Å². The van der Waals surface area contributed by atoms with Gasteiger partial charge in [0.2, 0.25) is 0 Å². The summed E-state index contributed by atoms with van der Waals surface area (Å²) in [6.07, 6.45) is 6.98. The average molecular weight is 344 g/mol. The molecule has 1 atom stereocenters. The summed E-state index contributed by atoms with van der Waals surface area (Å²) >= 11 is 1.24. The van der Waals surface area contributed by atoms with Gasteiger partial charge in [-0.25, -0.2) is 0 Å². The van der Waals surface area contributed by atoms with Crippen LogP contribution in [0.3, 0.4) is 0 Å². The highest BCUT2D eigenvalue weighted by Gasteiger charge is 2.27. The second-order valence-electron chi connectivity index (χ2n) is 6.57. The van der Waals surface area contributed by atoms with Crippen LogP contribution in [0, 0.1) is 12.8 Å². The highest BCUT2D eigenvalue weighted by Crippen LogP contribution is 2.24. The smallest absolute Gasteiger partial charge is 0.267 e. The molecular weight excluding hydrogens is 320 g/mol. The van der Waals surface area contributed by atoms with E-state index in [0.29, 0.717) is 5.92 Å². The molecule has 6 heteroatoms. The zero-order valence-electron chi connectivity index (χ0n) is 14.4. The van der Waals surface area contributed by atoms with Gasteiger partial charge < -0.3 is 4.90 Å². The Morgan fingerprint density at radius 1 is 1.42 bits per heavy atom. The van der Waals surface area contributed by atoms with Gasteiger partial charge >= 0.3 is 0 Å². The molecule has 2 aromatic rings. The number of hydrogen-bond donors (Lipinski definition) is 0. The van der Waals surface area contributed by atoms with Gasteiger partial charge in [-0.3, -0.25) is 9.78 Å². The molecule has 3 rings (SSSR count). The molecule has 0 aliphatic carbocycles. The minimum absolute atomic E-state index is 0.111. The average Bonchev–Trinajstić information content (AvgIpc) is 3.05. The van der Waals surface area contributed by atoms with E-state index in [9.17, 15) is 4.79 Å². The van der Waals surface area contributed by atoms with Gasteiger partial charge in [-0.2, -0.15) is 0 Å². The van der Waals surface area contributed by atoms with Crippen molar-refractivity contribution < 1.29 is 4.79 Å². The van der Waals surface area contributed by atoms with Crippen molar-refractivity contribution in [2.24, 2.45) is 5.92 Å². The van der Waals surface area contributed by atoms with Crippen molar-refractivity contribution in [1.82, 2.24) is 19.5 Å². The predicted molar refractivity (Wildman–Crippen MR) is 95.2 cm³/mol. The third-order valence-corrected chi connectivity index (χ3v) is 5.30. The summed E-state index contributed by atoms with van der Waals surface area (Å²) in [5, 5.41) is 4.13. The first kappa shape index (κ1) is 17.0. The molecule has 0 unspecified atom stereocenters. The van der Waals surface area contributed by atoms with Crippen LogP contribution in [0.5, 0.6) is 0 Å². The molecule has 1 aliphatic rings. The standard InChI is InChI=1S/C18H24N4OS/c1-3-5-16-17(24-21-20-16)18(23)22-9-4-6-15(12-22)10-14-8-7-13(2)19-11-14/h7-8,11,15H,3-6,9-10,12H2,1-2H3/t15-/m0/s1. The molecule has 3 heterocycles. The van der Waals surface area contributed by atoms with Gasteiger partial charge in [-0.15, -0.1) is 5.10 Å². The molecule has 1 amide bonds. The topological polar surface area (TPSA) is 59.0 Å². The number of carbonyl (C=O) groups is 1. The van der Waals surface area contributed by atoms with Gasteiger partial charge in [0.05, 0.1) is 5.69 Å². The van der Waals surface area contributed by atoms with Crippen LogP contribution in [0.4, 0.5) is 0 Å². The quantitative estimate of drug-likeness (QED) is 0.835. The van der Waals surface area contributed by atoms with E-state index in [1.807, 2.05) is 18.0 Å². The fraction of sp³-hybridized carbons (Fsp3) is 0.556. The SMILES string of the molecule is CCCc1nnsc1C(=O)N1CCC[C@@H](Cc2ccc(C)nc2)C1. The van der Waals surface area contributed by atoms with Crippen molar-refractivity contribution in [2.75, 3.05) is 13.1 Å². The summed E-state index contributed by atoms with van der Waals surface area (Å²) in [5.41, 5.74) is 3.16. The Morgan fingerprint density at radius 2 is 2.29 bits per heavy atom. The maximum absolute atomic E-state index is 12.8. The summed E-state index contributed by atoms with van der Waals surface area (Å²) in [4.78, 5) is 19.9. The van der Waals surface area contributed by atoms with Crippen molar-refractivity contribution in [3.05, 3.63) is 40.2 Å². The highest BCUT2D eigenvalue weighted by molar-refractivity contribution is 7.08. The molecule has 0 saturated carbocycles. The molecule has 1 fully saturated rings. The Morgan fingerprint density at radius 3 is 3.04 bits per heavy atom. The Bertz CT molecular complexity index is 683. The fourth-order valence-electron chi connectivity index (χ4n) is 3.28. The van der Waals surface area contributed by atoms with Crippen LogP contribution in [0.1, 0.15) is 52.8 Å². The summed E-state index contributed by atoms with van der Waals surface area (Å²) < 4.78 is 3.99. The summed E-state index contributed by atoms with van der Waals surface area (Å²) in [6, 6.07) is 4.21. The van der Waals surface area contributed by atoms with E-state index in [-0.39, 0.29) is 5.91 Å². The van der Waals surface area contributed by atoms with Gasteiger partial charge in [0.1, 0.15) is 4.88 Å².